The Bertz CT molecular complexity index is 633. The highest BCUT2D eigenvalue weighted by atomic mass is 19.4. The van der Waals surface area contributed by atoms with E-state index < -0.39 is 42.0 Å². The molecule has 0 unspecified atom stereocenters. The van der Waals surface area contributed by atoms with E-state index in [4.69, 9.17) is 9.26 Å². The fourth-order valence-corrected chi connectivity index (χ4v) is 2.54. The fourth-order valence-electron chi connectivity index (χ4n) is 2.54. The molecule has 6 nitrogen and oxygen atoms in total. The number of aryl methyl sites for hydroxylation is 1. The lowest BCUT2D eigenvalue weighted by Gasteiger charge is -2.25. The Labute approximate surface area is 136 Å². The third-order valence-electron chi connectivity index (χ3n) is 3.58. The largest absolute Gasteiger partial charge is 0.460 e. The molecule has 0 N–H and O–H groups in total. The summed E-state index contributed by atoms with van der Waals surface area (Å²) < 4.78 is 49.7. The first-order valence-corrected chi connectivity index (χ1v) is 7.40. The number of carbonyl (C=O) groups is 2. The van der Waals surface area contributed by atoms with Gasteiger partial charge in [0.05, 0.1) is 17.5 Å². The number of amides is 1. The van der Waals surface area contributed by atoms with E-state index in [1.54, 1.807) is 27.7 Å². The van der Waals surface area contributed by atoms with Gasteiger partial charge >= 0.3 is 12.1 Å². The molecule has 134 valence electrons. The van der Waals surface area contributed by atoms with E-state index in [2.05, 4.69) is 5.16 Å². The molecule has 1 aliphatic heterocycles. The van der Waals surface area contributed by atoms with Crippen molar-refractivity contribution in [2.75, 3.05) is 13.1 Å². The van der Waals surface area contributed by atoms with Crippen molar-refractivity contribution < 1.29 is 32.0 Å². The SMILES string of the molecule is Cc1cc(C(=O)N2C[C@H](C(=O)OC(C)(C)C)[C@@H](C(F)(F)F)C2)on1. The number of likely N-dealkylation sites (tertiary alicyclic amines) is 1. The molecule has 24 heavy (non-hydrogen) atoms. The zero-order chi connectivity index (χ0) is 18.3. The van der Waals surface area contributed by atoms with Crippen LogP contribution in [-0.2, 0) is 9.53 Å². The zero-order valence-electron chi connectivity index (χ0n) is 13.8. The zero-order valence-corrected chi connectivity index (χ0v) is 13.8. The average molecular weight is 348 g/mol. The van der Waals surface area contributed by atoms with Gasteiger partial charge in [-0.25, -0.2) is 0 Å². The van der Waals surface area contributed by atoms with Crippen molar-refractivity contribution in [3.63, 3.8) is 0 Å². The summed E-state index contributed by atoms with van der Waals surface area (Å²) in [5.41, 5.74) is -0.471. The number of aromatic nitrogens is 1. The van der Waals surface area contributed by atoms with Gasteiger partial charge in [-0.1, -0.05) is 5.16 Å². The molecule has 2 rings (SSSR count). The number of ether oxygens (including phenoxy) is 1. The van der Waals surface area contributed by atoms with Gasteiger partial charge in [0, 0.05) is 19.2 Å². The summed E-state index contributed by atoms with van der Waals surface area (Å²) in [5.74, 6) is -5.28. The molecule has 0 bridgehead atoms. The quantitative estimate of drug-likeness (QED) is 0.768. The Balaban J connectivity index is 2.21. The van der Waals surface area contributed by atoms with Crippen LogP contribution in [0.4, 0.5) is 13.2 Å². The van der Waals surface area contributed by atoms with Crippen molar-refractivity contribution in [2.45, 2.75) is 39.5 Å². The molecule has 1 aromatic heterocycles. The third-order valence-corrected chi connectivity index (χ3v) is 3.58. The van der Waals surface area contributed by atoms with Crippen LogP contribution >= 0.6 is 0 Å². The number of carbonyl (C=O) groups excluding carboxylic acids is 2. The minimum atomic E-state index is -4.62. The number of hydrogen-bond donors (Lipinski definition) is 0. The second-order valence-electron chi connectivity index (χ2n) is 6.83. The maximum Gasteiger partial charge on any atom is 0.394 e. The van der Waals surface area contributed by atoms with Gasteiger partial charge in [0.1, 0.15) is 5.60 Å². The molecule has 0 aliphatic carbocycles. The van der Waals surface area contributed by atoms with Gasteiger partial charge in [-0.05, 0) is 27.7 Å². The van der Waals surface area contributed by atoms with Crippen molar-refractivity contribution in [1.29, 1.82) is 0 Å². The lowest BCUT2D eigenvalue weighted by molar-refractivity contribution is -0.194. The van der Waals surface area contributed by atoms with Gasteiger partial charge in [0.15, 0.2) is 0 Å². The van der Waals surface area contributed by atoms with E-state index in [-0.39, 0.29) is 12.3 Å². The van der Waals surface area contributed by atoms with Gasteiger partial charge in [-0.3, -0.25) is 9.59 Å². The lowest BCUT2D eigenvalue weighted by atomic mass is 9.95. The Hall–Kier alpha value is -2.06. The summed E-state index contributed by atoms with van der Waals surface area (Å²) >= 11 is 0. The van der Waals surface area contributed by atoms with Crippen LogP contribution in [-0.4, -0.2) is 46.8 Å². The number of halogens is 3. The monoisotopic (exact) mass is 348 g/mol. The van der Waals surface area contributed by atoms with E-state index >= 15 is 0 Å². The van der Waals surface area contributed by atoms with Crippen LogP contribution in [0.1, 0.15) is 37.0 Å². The Morgan fingerprint density at radius 2 is 1.92 bits per heavy atom. The minimum absolute atomic E-state index is 0.154. The van der Waals surface area contributed by atoms with Gasteiger partial charge < -0.3 is 14.2 Å². The van der Waals surface area contributed by atoms with Gasteiger partial charge in [0.25, 0.3) is 5.91 Å². The Morgan fingerprint density at radius 1 is 1.29 bits per heavy atom. The molecule has 0 radical (unpaired) electrons. The number of esters is 1. The summed E-state index contributed by atoms with van der Waals surface area (Å²) in [6, 6.07) is 1.34. The lowest BCUT2D eigenvalue weighted by Crippen LogP contribution is -2.37. The molecule has 1 fully saturated rings. The molecule has 1 aliphatic rings. The highest BCUT2D eigenvalue weighted by Crippen LogP contribution is 2.39. The van der Waals surface area contributed by atoms with Gasteiger partial charge in [-0.15, -0.1) is 0 Å². The maximum atomic E-state index is 13.3. The first kappa shape index (κ1) is 18.3. The average Bonchev–Trinajstić information content (AvgIpc) is 3.01. The molecular weight excluding hydrogens is 329 g/mol. The number of nitrogens with zero attached hydrogens (tertiary/aromatic N) is 2. The number of hydrogen-bond acceptors (Lipinski definition) is 5. The third kappa shape index (κ3) is 4.07. The molecule has 1 aromatic rings. The van der Waals surface area contributed by atoms with Crippen LogP contribution in [0.5, 0.6) is 0 Å². The van der Waals surface area contributed by atoms with Gasteiger partial charge in [-0.2, -0.15) is 13.2 Å². The molecule has 1 amide bonds. The molecule has 9 heteroatoms. The van der Waals surface area contributed by atoms with Crippen LogP contribution in [0.15, 0.2) is 10.6 Å². The highest BCUT2D eigenvalue weighted by molar-refractivity contribution is 5.92. The van der Waals surface area contributed by atoms with E-state index in [9.17, 15) is 22.8 Å². The molecule has 2 atom stereocenters. The fraction of sp³-hybridized carbons (Fsp3) is 0.667. The van der Waals surface area contributed by atoms with E-state index in [0.717, 1.165) is 4.90 Å². The van der Waals surface area contributed by atoms with Crippen molar-refractivity contribution in [1.82, 2.24) is 10.1 Å². The Kier molecular flexibility index (Phi) is 4.65. The first-order chi connectivity index (χ1) is 10.9. The van der Waals surface area contributed by atoms with E-state index in [1.807, 2.05) is 0 Å². The maximum absolute atomic E-state index is 13.3. The highest BCUT2D eigenvalue weighted by Gasteiger charge is 2.54. The second kappa shape index (κ2) is 6.10. The van der Waals surface area contributed by atoms with Crippen LogP contribution in [0.25, 0.3) is 0 Å². The van der Waals surface area contributed by atoms with Crippen molar-refractivity contribution in [2.24, 2.45) is 11.8 Å². The smallest absolute Gasteiger partial charge is 0.394 e. The standard InChI is InChI=1S/C15H19F3N2O4/c1-8-5-11(24-19-8)12(21)20-6-9(10(7-20)15(16,17)18)13(22)23-14(2,3)4/h5,9-10H,6-7H2,1-4H3/t9-,10-/m0/s1. The molecule has 0 spiro atoms. The predicted molar refractivity (Wildman–Crippen MR) is 76.0 cm³/mol. The predicted octanol–water partition coefficient (Wildman–Crippen LogP) is 2.58. The summed E-state index contributed by atoms with van der Waals surface area (Å²) in [6.45, 7) is 5.31. The normalized spacial score (nSPS) is 21.9. The number of rotatable bonds is 2. The van der Waals surface area contributed by atoms with E-state index in [1.165, 1.54) is 6.07 Å². The molecule has 2 heterocycles. The van der Waals surface area contributed by atoms with Crippen LogP contribution < -0.4 is 0 Å². The molecular formula is C15H19F3N2O4. The molecule has 0 aromatic carbocycles. The van der Waals surface area contributed by atoms with Crippen LogP contribution in [0, 0.1) is 18.8 Å². The summed E-state index contributed by atoms with van der Waals surface area (Å²) in [5, 5.41) is 3.54. The first-order valence-electron chi connectivity index (χ1n) is 7.40. The Morgan fingerprint density at radius 3 is 2.38 bits per heavy atom. The summed E-state index contributed by atoms with van der Waals surface area (Å²) in [7, 11) is 0. The topological polar surface area (TPSA) is 72.6 Å². The molecule has 0 saturated carbocycles. The second-order valence-corrected chi connectivity index (χ2v) is 6.83. The van der Waals surface area contributed by atoms with Crippen LogP contribution in [0.3, 0.4) is 0 Å². The van der Waals surface area contributed by atoms with Crippen LogP contribution in [0.2, 0.25) is 0 Å². The summed E-state index contributed by atoms with van der Waals surface area (Å²) in [4.78, 5) is 25.3. The summed E-state index contributed by atoms with van der Waals surface area (Å²) in [6.07, 6.45) is -4.62. The van der Waals surface area contributed by atoms with E-state index in [0.29, 0.717) is 5.69 Å². The van der Waals surface area contributed by atoms with Crippen molar-refractivity contribution in [3.8, 4) is 0 Å². The molecule has 1 saturated heterocycles. The number of alkyl halides is 3. The minimum Gasteiger partial charge on any atom is -0.460 e. The van der Waals surface area contributed by atoms with Crippen molar-refractivity contribution >= 4 is 11.9 Å². The van der Waals surface area contributed by atoms with Crippen molar-refractivity contribution in [3.05, 3.63) is 17.5 Å². The van der Waals surface area contributed by atoms with Gasteiger partial charge in [0.2, 0.25) is 5.76 Å².